The van der Waals surface area contributed by atoms with Crippen molar-refractivity contribution in [2.75, 3.05) is 19.7 Å². The van der Waals surface area contributed by atoms with Crippen molar-refractivity contribution in [1.29, 1.82) is 0 Å². The molecule has 1 aliphatic heterocycles. The molecule has 39 heavy (non-hydrogen) atoms. The van der Waals surface area contributed by atoms with Gasteiger partial charge in [-0.25, -0.2) is 4.79 Å². The Hall–Kier alpha value is -2.93. The van der Waals surface area contributed by atoms with Crippen molar-refractivity contribution >= 4 is 11.9 Å². The first kappa shape index (κ1) is 29.1. The molecular formula is C32H44N2O5. The lowest BCUT2D eigenvalue weighted by Crippen LogP contribution is -2.61. The van der Waals surface area contributed by atoms with Gasteiger partial charge in [0.15, 0.2) is 0 Å². The van der Waals surface area contributed by atoms with Crippen LogP contribution in [0.15, 0.2) is 47.4 Å². The maximum atomic E-state index is 13.4. The van der Waals surface area contributed by atoms with Crippen molar-refractivity contribution in [2.45, 2.75) is 84.8 Å². The monoisotopic (exact) mass is 536 g/mol. The first-order chi connectivity index (χ1) is 18.5. The van der Waals surface area contributed by atoms with Crippen LogP contribution in [0.4, 0.5) is 0 Å². The molecule has 2 heterocycles. The Kier molecular flexibility index (Phi) is 9.00. The number of rotatable bonds is 8. The van der Waals surface area contributed by atoms with Crippen molar-refractivity contribution in [3.63, 3.8) is 0 Å². The van der Waals surface area contributed by atoms with Gasteiger partial charge in [0.1, 0.15) is 0 Å². The molecule has 1 aromatic carbocycles. The van der Waals surface area contributed by atoms with Crippen LogP contribution in [0.2, 0.25) is 0 Å². The third-order valence-corrected chi connectivity index (χ3v) is 8.92. The zero-order chi connectivity index (χ0) is 28.2. The van der Waals surface area contributed by atoms with Crippen molar-refractivity contribution < 1.29 is 19.4 Å². The molecule has 7 nitrogen and oxygen atoms in total. The van der Waals surface area contributed by atoms with E-state index in [1.807, 2.05) is 56.0 Å². The van der Waals surface area contributed by atoms with Crippen LogP contribution >= 0.6 is 0 Å². The molecule has 1 amide bonds. The fourth-order valence-corrected chi connectivity index (χ4v) is 6.38. The van der Waals surface area contributed by atoms with E-state index in [4.69, 9.17) is 4.74 Å². The van der Waals surface area contributed by atoms with Gasteiger partial charge in [-0.3, -0.25) is 9.59 Å². The number of aliphatic hydroxyl groups is 1. The highest BCUT2D eigenvalue weighted by molar-refractivity contribution is 5.96. The molecule has 1 saturated carbocycles. The molecule has 1 unspecified atom stereocenters. The third-order valence-electron chi connectivity index (χ3n) is 8.92. The summed E-state index contributed by atoms with van der Waals surface area (Å²) in [5, 5.41) is 11.9. The topological polar surface area (TPSA) is 88.8 Å². The van der Waals surface area contributed by atoms with Gasteiger partial charge in [0, 0.05) is 42.2 Å². The molecule has 1 aliphatic carbocycles. The zero-order valence-corrected chi connectivity index (χ0v) is 23.9. The van der Waals surface area contributed by atoms with Gasteiger partial charge in [-0.15, -0.1) is 0 Å². The van der Waals surface area contributed by atoms with Crippen molar-refractivity contribution in [2.24, 2.45) is 17.3 Å². The van der Waals surface area contributed by atoms with E-state index in [1.165, 1.54) is 48.9 Å². The van der Waals surface area contributed by atoms with Gasteiger partial charge in [0.2, 0.25) is 5.91 Å². The number of esters is 1. The number of hydrogen-bond donors (Lipinski definition) is 1. The third kappa shape index (κ3) is 6.46. The molecule has 4 rings (SSSR count). The Morgan fingerprint density at radius 3 is 2.46 bits per heavy atom. The summed E-state index contributed by atoms with van der Waals surface area (Å²) in [6, 6.07) is 10.7. The molecule has 212 valence electrons. The summed E-state index contributed by atoms with van der Waals surface area (Å²) >= 11 is 0. The van der Waals surface area contributed by atoms with Crippen LogP contribution in [-0.4, -0.2) is 51.7 Å². The van der Waals surface area contributed by atoms with Gasteiger partial charge < -0.3 is 19.3 Å². The Labute approximate surface area is 232 Å². The number of carbonyl (C=O) groups is 2. The fraction of sp³-hybridized carbons (Fsp3) is 0.594. The second kappa shape index (κ2) is 12.1. The molecule has 0 bridgehead atoms. The SMILES string of the molecule is CCOC(=O)c1cn(C[C@]2(O)CCN(C(=O)C(C)CC3CCCCC3)CC2(C)C)c(=O)cc1-c1ccccc1. The van der Waals surface area contributed by atoms with Gasteiger partial charge in [0.25, 0.3) is 5.56 Å². The van der Waals surface area contributed by atoms with Crippen LogP contribution in [-0.2, 0) is 16.1 Å². The lowest BCUT2D eigenvalue weighted by Gasteiger charge is -2.51. The molecule has 7 heteroatoms. The van der Waals surface area contributed by atoms with E-state index in [-0.39, 0.29) is 36.1 Å². The smallest absolute Gasteiger partial charge is 0.340 e. The van der Waals surface area contributed by atoms with Crippen LogP contribution in [0.3, 0.4) is 0 Å². The van der Waals surface area contributed by atoms with Gasteiger partial charge in [-0.1, -0.05) is 83.2 Å². The second-order valence-electron chi connectivity index (χ2n) is 12.2. The van der Waals surface area contributed by atoms with Crippen molar-refractivity contribution in [3.8, 4) is 11.1 Å². The highest BCUT2D eigenvalue weighted by Crippen LogP contribution is 2.41. The minimum atomic E-state index is -1.24. The van der Waals surface area contributed by atoms with E-state index in [0.717, 1.165) is 12.0 Å². The molecule has 2 aromatic rings. The Morgan fingerprint density at radius 1 is 1.13 bits per heavy atom. The molecule has 0 radical (unpaired) electrons. The Morgan fingerprint density at radius 2 is 1.82 bits per heavy atom. The number of piperidine rings is 1. The van der Waals surface area contributed by atoms with Gasteiger partial charge >= 0.3 is 5.97 Å². The van der Waals surface area contributed by atoms with Crippen LogP contribution in [0.1, 0.15) is 83.0 Å². The predicted molar refractivity (Wildman–Crippen MR) is 152 cm³/mol. The minimum absolute atomic E-state index is 0.0277. The van der Waals surface area contributed by atoms with Gasteiger partial charge in [-0.05, 0) is 31.2 Å². The van der Waals surface area contributed by atoms with Gasteiger partial charge in [-0.2, -0.15) is 0 Å². The highest BCUT2D eigenvalue weighted by atomic mass is 16.5. The summed E-state index contributed by atoms with van der Waals surface area (Å²) < 4.78 is 6.72. The number of nitrogens with zero attached hydrogens (tertiary/aromatic N) is 2. The van der Waals surface area contributed by atoms with Crippen LogP contribution in [0.5, 0.6) is 0 Å². The lowest BCUT2D eigenvalue weighted by atomic mass is 9.69. The number of likely N-dealkylation sites (tertiary alicyclic amines) is 1. The Balaban J connectivity index is 1.53. The summed E-state index contributed by atoms with van der Waals surface area (Å²) in [6.07, 6.45) is 9.06. The molecule has 1 aromatic heterocycles. The van der Waals surface area contributed by atoms with Gasteiger partial charge in [0.05, 0.1) is 24.3 Å². The number of ether oxygens (including phenoxy) is 1. The van der Waals surface area contributed by atoms with Crippen LogP contribution in [0, 0.1) is 17.3 Å². The first-order valence-electron chi connectivity index (χ1n) is 14.5. The average molecular weight is 537 g/mol. The van der Waals surface area contributed by atoms with E-state index in [0.29, 0.717) is 31.0 Å². The molecule has 2 atom stereocenters. The largest absolute Gasteiger partial charge is 0.462 e. The minimum Gasteiger partial charge on any atom is -0.462 e. The second-order valence-corrected chi connectivity index (χ2v) is 12.2. The highest BCUT2D eigenvalue weighted by Gasteiger charge is 2.49. The number of pyridine rings is 1. The molecule has 2 aliphatic rings. The number of benzene rings is 1. The van der Waals surface area contributed by atoms with E-state index >= 15 is 0 Å². The molecule has 1 saturated heterocycles. The van der Waals surface area contributed by atoms with E-state index in [2.05, 4.69) is 0 Å². The van der Waals surface area contributed by atoms with Crippen molar-refractivity contribution in [1.82, 2.24) is 9.47 Å². The average Bonchev–Trinajstić information content (AvgIpc) is 2.92. The summed E-state index contributed by atoms with van der Waals surface area (Å²) in [4.78, 5) is 41.4. The maximum Gasteiger partial charge on any atom is 0.340 e. The van der Waals surface area contributed by atoms with Crippen LogP contribution < -0.4 is 5.56 Å². The summed E-state index contributed by atoms with van der Waals surface area (Å²) in [5.74, 6) is 0.246. The molecule has 0 spiro atoms. The fourth-order valence-electron chi connectivity index (χ4n) is 6.38. The van der Waals surface area contributed by atoms with E-state index in [1.54, 1.807) is 6.92 Å². The summed E-state index contributed by atoms with van der Waals surface area (Å²) in [6.45, 7) is 8.78. The first-order valence-corrected chi connectivity index (χ1v) is 14.5. The van der Waals surface area contributed by atoms with Crippen LogP contribution in [0.25, 0.3) is 11.1 Å². The number of amides is 1. The molecule has 1 N–H and O–H groups in total. The normalized spacial score (nSPS) is 22.3. The molecule has 2 fully saturated rings. The quantitative estimate of drug-likeness (QED) is 0.463. The predicted octanol–water partition coefficient (Wildman–Crippen LogP) is 5.29. The maximum absolute atomic E-state index is 13.4. The summed E-state index contributed by atoms with van der Waals surface area (Å²) in [7, 11) is 0. The number of hydrogen-bond acceptors (Lipinski definition) is 5. The standard InChI is InChI=1S/C32H44N2O5/c1-5-39-30(37)27-20-34(28(35)19-26(27)25-14-10-7-11-15-25)22-32(38)16-17-33(21-31(32,3)4)29(36)23(2)18-24-12-8-6-9-13-24/h7,10-11,14-15,19-20,23-24,38H,5-6,8-9,12-13,16-18,21-22H2,1-4H3/t23?,32-/m1/s1. The zero-order valence-electron chi connectivity index (χ0n) is 23.9. The Bertz CT molecular complexity index is 1210. The molecular weight excluding hydrogens is 492 g/mol. The number of aromatic nitrogens is 1. The number of carbonyl (C=O) groups excluding carboxylic acids is 2. The van der Waals surface area contributed by atoms with E-state index < -0.39 is 17.0 Å². The lowest BCUT2D eigenvalue weighted by molar-refractivity contribution is -0.157. The van der Waals surface area contributed by atoms with Crippen molar-refractivity contribution in [3.05, 3.63) is 58.5 Å². The summed E-state index contributed by atoms with van der Waals surface area (Å²) in [5.41, 5.74) is -0.654. The van der Waals surface area contributed by atoms with E-state index in [9.17, 15) is 19.5 Å².